The molecule has 86 valence electrons. The number of aromatic amines is 1. The molecule has 6 nitrogen and oxygen atoms in total. The van der Waals surface area contributed by atoms with Crippen LogP contribution in [0.5, 0.6) is 0 Å². The molecule has 1 aliphatic carbocycles. The fourth-order valence-corrected chi connectivity index (χ4v) is 1.55. The van der Waals surface area contributed by atoms with Gasteiger partial charge in [-0.1, -0.05) is 6.92 Å². The number of nitrogens with zero attached hydrogens (tertiary/aromatic N) is 1. The maximum absolute atomic E-state index is 11.6. The first kappa shape index (κ1) is 10.7. The van der Waals surface area contributed by atoms with Gasteiger partial charge < -0.3 is 15.8 Å². The second-order valence-corrected chi connectivity index (χ2v) is 4.41. The molecule has 2 rings (SSSR count). The number of nitrogens with two attached hydrogens (primary N) is 1. The van der Waals surface area contributed by atoms with Crippen molar-refractivity contribution < 1.29 is 9.90 Å². The van der Waals surface area contributed by atoms with E-state index in [-0.39, 0.29) is 16.8 Å². The Hall–Kier alpha value is -1.85. The Morgan fingerprint density at radius 2 is 2.25 bits per heavy atom. The Bertz CT molecular complexity index is 503. The van der Waals surface area contributed by atoms with E-state index in [0.717, 1.165) is 12.8 Å². The van der Waals surface area contributed by atoms with Crippen LogP contribution in [0.4, 0.5) is 5.82 Å². The summed E-state index contributed by atoms with van der Waals surface area (Å²) in [6.45, 7) is 1.99. The SMILES string of the molecule is CC1(c2nc(N)c(CC(=O)O)c(=O)[nH]2)CC1. The average Bonchev–Trinajstić information content (AvgIpc) is 2.91. The number of nitrogens with one attached hydrogen (secondary N) is 1. The van der Waals surface area contributed by atoms with E-state index in [2.05, 4.69) is 9.97 Å². The molecule has 1 heterocycles. The van der Waals surface area contributed by atoms with Crippen LogP contribution >= 0.6 is 0 Å². The number of anilines is 1. The molecule has 0 bridgehead atoms. The molecule has 4 N–H and O–H groups in total. The quantitative estimate of drug-likeness (QED) is 0.669. The summed E-state index contributed by atoms with van der Waals surface area (Å²) in [5.41, 5.74) is 5.09. The number of carbonyl (C=O) groups is 1. The summed E-state index contributed by atoms with van der Waals surface area (Å²) in [6, 6.07) is 0. The van der Waals surface area contributed by atoms with Crippen molar-refractivity contribution in [3.63, 3.8) is 0 Å². The van der Waals surface area contributed by atoms with Crippen molar-refractivity contribution in [2.24, 2.45) is 0 Å². The van der Waals surface area contributed by atoms with E-state index >= 15 is 0 Å². The lowest BCUT2D eigenvalue weighted by Gasteiger charge is -2.09. The van der Waals surface area contributed by atoms with Gasteiger partial charge in [0.05, 0.1) is 12.0 Å². The Kier molecular flexibility index (Phi) is 2.22. The van der Waals surface area contributed by atoms with Gasteiger partial charge in [0.2, 0.25) is 0 Å². The van der Waals surface area contributed by atoms with Crippen LogP contribution in [0.1, 0.15) is 31.2 Å². The van der Waals surface area contributed by atoms with Crippen LogP contribution in [0, 0.1) is 0 Å². The van der Waals surface area contributed by atoms with Gasteiger partial charge in [0.25, 0.3) is 5.56 Å². The van der Waals surface area contributed by atoms with Gasteiger partial charge in [0, 0.05) is 5.41 Å². The van der Waals surface area contributed by atoms with Crippen LogP contribution in [-0.4, -0.2) is 21.0 Å². The molecule has 1 aliphatic rings. The number of nitrogen functional groups attached to an aromatic ring is 1. The van der Waals surface area contributed by atoms with Crippen molar-refractivity contribution in [1.82, 2.24) is 9.97 Å². The highest BCUT2D eigenvalue weighted by Crippen LogP contribution is 2.45. The predicted molar refractivity (Wildman–Crippen MR) is 57.2 cm³/mol. The fraction of sp³-hybridized carbons (Fsp3) is 0.500. The van der Waals surface area contributed by atoms with Crippen LogP contribution in [0.25, 0.3) is 0 Å². The minimum Gasteiger partial charge on any atom is -0.481 e. The molecular formula is C10H13N3O3. The summed E-state index contributed by atoms with van der Waals surface area (Å²) >= 11 is 0. The molecule has 1 saturated carbocycles. The number of hydrogen-bond donors (Lipinski definition) is 3. The number of aliphatic carboxylic acids is 1. The summed E-state index contributed by atoms with van der Waals surface area (Å²) in [6.07, 6.45) is 1.53. The summed E-state index contributed by atoms with van der Waals surface area (Å²) in [5.74, 6) is -0.511. The Morgan fingerprint density at radius 3 is 2.69 bits per heavy atom. The molecule has 0 saturated heterocycles. The predicted octanol–water partition coefficient (Wildman–Crippen LogP) is 0.0307. The van der Waals surface area contributed by atoms with Crippen molar-refractivity contribution in [2.45, 2.75) is 31.6 Å². The molecule has 0 aromatic carbocycles. The van der Waals surface area contributed by atoms with Crippen LogP contribution < -0.4 is 11.3 Å². The molecule has 0 radical (unpaired) electrons. The van der Waals surface area contributed by atoms with Gasteiger partial charge in [0.15, 0.2) is 0 Å². The second kappa shape index (κ2) is 3.33. The van der Waals surface area contributed by atoms with E-state index in [0.29, 0.717) is 5.82 Å². The third-order valence-electron chi connectivity index (χ3n) is 2.95. The van der Waals surface area contributed by atoms with Gasteiger partial charge in [-0.05, 0) is 12.8 Å². The molecule has 0 unspecified atom stereocenters. The summed E-state index contributed by atoms with van der Waals surface area (Å²) in [7, 11) is 0. The zero-order valence-corrected chi connectivity index (χ0v) is 8.91. The first-order chi connectivity index (χ1) is 7.42. The van der Waals surface area contributed by atoms with E-state index in [1.54, 1.807) is 0 Å². The molecule has 1 aromatic rings. The van der Waals surface area contributed by atoms with E-state index in [1.165, 1.54) is 0 Å². The Labute approximate surface area is 91.5 Å². The number of H-pyrrole nitrogens is 1. The van der Waals surface area contributed by atoms with E-state index in [9.17, 15) is 9.59 Å². The van der Waals surface area contributed by atoms with E-state index in [1.807, 2.05) is 6.92 Å². The highest BCUT2D eigenvalue weighted by Gasteiger charge is 2.42. The zero-order chi connectivity index (χ0) is 11.9. The molecule has 0 aliphatic heterocycles. The topological polar surface area (TPSA) is 109 Å². The number of carboxylic acid groups (broad SMARTS) is 1. The lowest BCUT2D eigenvalue weighted by molar-refractivity contribution is -0.136. The smallest absolute Gasteiger partial charge is 0.308 e. The molecule has 1 aromatic heterocycles. The van der Waals surface area contributed by atoms with Gasteiger partial charge >= 0.3 is 5.97 Å². The van der Waals surface area contributed by atoms with Gasteiger partial charge in [0.1, 0.15) is 11.6 Å². The van der Waals surface area contributed by atoms with Crippen molar-refractivity contribution in [2.75, 3.05) is 5.73 Å². The first-order valence-corrected chi connectivity index (χ1v) is 5.03. The monoisotopic (exact) mass is 223 g/mol. The summed E-state index contributed by atoms with van der Waals surface area (Å²) in [5, 5.41) is 8.62. The number of carboxylic acids is 1. The van der Waals surface area contributed by atoms with Crippen molar-refractivity contribution in [1.29, 1.82) is 0 Å². The van der Waals surface area contributed by atoms with Crippen molar-refractivity contribution in [3.05, 3.63) is 21.7 Å². The normalized spacial score (nSPS) is 17.1. The standard InChI is InChI=1S/C10H13N3O3/c1-10(2-3-10)9-12-7(11)5(4-6(14)15)8(16)13-9/h2-4H2,1H3,(H,14,15)(H3,11,12,13,16). The minimum atomic E-state index is -1.09. The van der Waals surface area contributed by atoms with Crippen molar-refractivity contribution >= 4 is 11.8 Å². The van der Waals surface area contributed by atoms with Gasteiger partial charge in [-0.2, -0.15) is 0 Å². The maximum atomic E-state index is 11.6. The molecule has 1 fully saturated rings. The highest BCUT2D eigenvalue weighted by atomic mass is 16.4. The van der Waals surface area contributed by atoms with Crippen LogP contribution in [-0.2, 0) is 16.6 Å². The lowest BCUT2D eigenvalue weighted by atomic mass is 10.1. The number of hydrogen-bond acceptors (Lipinski definition) is 4. The largest absolute Gasteiger partial charge is 0.481 e. The first-order valence-electron chi connectivity index (χ1n) is 5.03. The van der Waals surface area contributed by atoms with Crippen molar-refractivity contribution in [3.8, 4) is 0 Å². The zero-order valence-electron chi connectivity index (χ0n) is 8.91. The molecule has 6 heteroatoms. The van der Waals surface area contributed by atoms with Gasteiger partial charge in [-0.3, -0.25) is 9.59 Å². The molecule has 16 heavy (non-hydrogen) atoms. The van der Waals surface area contributed by atoms with E-state index in [4.69, 9.17) is 10.8 Å². The average molecular weight is 223 g/mol. The van der Waals surface area contributed by atoms with Gasteiger partial charge in [-0.25, -0.2) is 4.98 Å². The van der Waals surface area contributed by atoms with E-state index < -0.39 is 17.9 Å². The third kappa shape index (κ3) is 1.78. The third-order valence-corrected chi connectivity index (χ3v) is 2.95. The lowest BCUT2D eigenvalue weighted by Crippen LogP contribution is -2.24. The van der Waals surface area contributed by atoms with Crippen LogP contribution in [0.15, 0.2) is 4.79 Å². The highest BCUT2D eigenvalue weighted by molar-refractivity contribution is 5.71. The maximum Gasteiger partial charge on any atom is 0.308 e. The molecule has 0 spiro atoms. The Morgan fingerprint density at radius 1 is 1.62 bits per heavy atom. The van der Waals surface area contributed by atoms with Crippen LogP contribution in [0.2, 0.25) is 0 Å². The molecule has 0 atom stereocenters. The Balaban J connectivity index is 2.43. The number of rotatable bonds is 3. The second-order valence-electron chi connectivity index (χ2n) is 4.41. The number of aromatic nitrogens is 2. The van der Waals surface area contributed by atoms with Crippen LogP contribution in [0.3, 0.4) is 0 Å². The summed E-state index contributed by atoms with van der Waals surface area (Å²) in [4.78, 5) is 28.9. The molecule has 0 amide bonds. The fourth-order valence-electron chi connectivity index (χ4n) is 1.55. The molecular weight excluding hydrogens is 210 g/mol. The summed E-state index contributed by atoms with van der Waals surface area (Å²) < 4.78 is 0. The van der Waals surface area contributed by atoms with Gasteiger partial charge in [-0.15, -0.1) is 0 Å². The minimum absolute atomic E-state index is 0.0225.